The summed E-state index contributed by atoms with van der Waals surface area (Å²) < 4.78 is 14.4. The lowest BCUT2D eigenvalue weighted by molar-refractivity contribution is -0.117. The molecule has 3 aromatic carbocycles. The van der Waals surface area contributed by atoms with E-state index in [1.165, 1.54) is 0 Å². The number of aromatic nitrogens is 2. The molecule has 1 aliphatic rings. The molecule has 1 aromatic heterocycles. The first-order chi connectivity index (χ1) is 16.6. The van der Waals surface area contributed by atoms with Gasteiger partial charge >= 0.3 is 0 Å². The van der Waals surface area contributed by atoms with Crippen molar-refractivity contribution in [1.29, 1.82) is 0 Å². The molecule has 7 heteroatoms. The first kappa shape index (κ1) is 22.5. The third kappa shape index (κ3) is 4.66. The molecule has 5 rings (SSSR count). The highest BCUT2D eigenvalue weighted by Gasteiger charge is 2.34. The van der Waals surface area contributed by atoms with Crippen molar-refractivity contribution >= 4 is 38.6 Å². The van der Waals surface area contributed by atoms with E-state index in [-0.39, 0.29) is 11.8 Å². The lowest BCUT2D eigenvalue weighted by atomic mass is 10.1. The van der Waals surface area contributed by atoms with Gasteiger partial charge in [-0.3, -0.25) is 4.79 Å². The van der Waals surface area contributed by atoms with Crippen LogP contribution in [0.1, 0.15) is 24.6 Å². The average Bonchev–Trinajstić information content (AvgIpc) is 3.42. The number of aryl methyl sites for hydroxylation is 1. The van der Waals surface area contributed by atoms with Crippen molar-refractivity contribution in [2.24, 2.45) is 0 Å². The molecule has 34 heavy (non-hydrogen) atoms. The van der Waals surface area contributed by atoms with Gasteiger partial charge in [0.25, 0.3) is 0 Å². The molecule has 1 unspecified atom stereocenters. The van der Waals surface area contributed by atoms with Crippen LogP contribution in [0.15, 0.2) is 77.3 Å². The van der Waals surface area contributed by atoms with E-state index in [0.717, 1.165) is 51.5 Å². The molecule has 0 bridgehead atoms. The smallest absolute Gasteiger partial charge is 0.227 e. The summed E-state index contributed by atoms with van der Waals surface area (Å²) in [5, 5.41) is 0. The van der Waals surface area contributed by atoms with E-state index in [1.807, 2.05) is 71.6 Å². The number of ether oxygens (including phenoxy) is 2. The minimum Gasteiger partial charge on any atom is -0.497 e. The van der Waals surface area contributed by atoms with Crippen LogP contribution in [0.2, 0.25) is 0 Å². The Hall–Kier alpha value is -3.32. The van der Waals surface area contributed by atoms with Crippen molar-refractivity contribution in [1.82, 2.24) is 9.55 Å². The van der Waals surface area contributed by atoms with Crippen LogP contribution in [-0.2, 0) is 11.3 Å². The second-order valence-corrected chi connectivity index (χ2v) is 9.29. The third-order valence-corrected chi connectivity index (χ3v) is 6.62. The molecule has 1 saturated heterocycles. The maximum Gasteiger partial charge on any atom is 0.227 e. The topological polar surface area (TPSA) is 56.6 Å². The fourth-order valence-corrected chi connectivity index (χ4v) is 4.91. The van der Waals surface area contributed by atoms with Crippen molar-refractivity contribution in [3.8, 4) is 11.5 Å². The van der Waals surface area contributed by atoms with E-state index >= 15 is 0 Å². The molecule has 1 fully saturated rings. The lowest BCUT2D eigenvalue weighted by Gasteiger charge is -2.18. The fraction of sp³-hybridized carbons (Fsp3) is 0.259. The van der Waals surface area contributed by atoms with E-state index in [9.17, 15) is 4.79 Å². The molecule has 1 amide bonds. The van der Waals surface area contributed by atoms with E-state index in [0.29, 0.717) is 19.6 Å². The molecule has 2 heterocycles. The minimum atomic E-state index is 0.0400. The SMILES string of the molecule is COc1cccc(OCCCn2c(C3CC(=O)N(c4cccc(Br)c4)C3)nc3ccccc32)c1. The number of methoxy groups -OCH3 is 1. The molecule has 1 atom stereocenters. The van der Waals surface area contributed by atoms with Crippen LogP contribution < -0.4 is 14.4 Å². The Morgan fingerprint density at radius 1 is 1.03 bits per heavy atom. The van der Waals surface area contributed by atoms with Gasteiger partial charge in [-0.15, -0.1) is 0 Å². The van der Waals surface area contributed by atoms with E-state index in [4.69, 9.17) is 14.5 Å². The highest BCUT2D eigenvalue weighted by molar-refractivity contribution is 9.10. The van der Waals surface area contributed by atoms with Gasteiger partial charge in [0.2, 0.25) is 5.91 Å². The predicted octanol–water partition coefficient (Wildman–Crippen LogP) is 5.80. The number of para-hydroxylation sites is 2. The van der Waals surface area contributed by atoms with Crippen LogP contribution in [0.3, 0.4) is 0 Å². The van der Waals surface area contributed by atoms with Gasteiger partial charge in [-0.2, -0.15) is 0 Å². The maximum atomic E-state index is 12.9. The Morgan fingerprint density at radius 3 is 2.71 bits per heavy atom. The van der Waals surface area contributed by atoms with Gasteiger partial charge in [0, 0.05) is 41.7 Å². The summed E-state index contributed by atoms with van der Waals surface area (Å²) in [5.41, 5.74) is 2.96. The normalized spacial score (nSPS) is 15.8. The zero-order chi connectivity index (χ0) is 23.5. The molecule has 0 aliphatic carbocycles. The van der Waals surface area contributed by atoms with Gasteiger partial charge in [-0.25, -0.2) is 4.98 Å². The number of carbonyl (C=O) groups is 1. The number of amides is 1. The minimum absolute atomic E-state index is 0.0400. The molecule has 6 nitrogen and oxygen atoms in total. The molecule has 0 saturated carbocycles. The van der Waals surface area contributed by atoms with Gasteiger partial charge in [-0.1, -0.05) is 40.2 Å². The largest absolute Gasteiger partial charge is 0.497 e. The van der Waals surface area contributed by atoms with Crippen LogP contribution in [0.25, 0.3) is 11.0 Å². The Balaban J connectivity index is 1.33. The Labute approximate surface area is 207 Å². The molecule has 1 aliphatic heterocycles. The molecular formula is C27H26BrN3O3. The molecule has 0 spiro atoms. The van der Waals surface area contributed by atoms with E-state index in [1.54, 1.807) is 7.11 Å². The Bertz CT molecular complexity index is 1320. The van der Waals surface area contributed by atoms with Gasteiger partial charge in [0.05, 0.1) is 24.8 Å². The van der Waals surface area contributed by atoms with Crippen molar-refractivity contribution in [2.45, 2.75) is 25.3 Å². The van der Waals surface area contributed by atoms with Gasteiger partial charge < -0.3 is 18.9 Å². The fourth-order valence-electron chi connectivity index (χ4n) is 4.52. The standard InChI is InChI=1S/C27H26BrN3O3/c1-33-22-9-5-10-23(17-22)34-14-6-13-30-25-12-3-2-11-24(25)29-27(30)19-15-26(32)31(18-19)21-8-4-7-20(28)16-21/h2-5,7-12,16-17,19H,6,13-15,18H2,1H3. The lowest BCUT2D eigenvalue weighted by Crippen LogP contribution is -2.24. The highest BCUT2D eigenvalue weighted by Crippen LogP contribution is 2.34. The van der Waals surface area contributed by atoms with Crippen molar-refractivity contribution in [3.63, 3.8) is 0 Å². The zero-order valence-electron chi connectivity index (χ0n) is 19.0. The first-order valence-corrected chi connectivity index (χ1v) is 12.2. The number of anilines is 1. The number of carbonyl (C=O) groups excluding carboxylic acids is 1. The second-order valence-electron chi connectivity index (χ2n) is 8.38. The molecule has 0 N–H and O–H groups in total. The average molecular weight is 520 g/mol. The quantitative estimate of drug-likeness (QED) is 0.276. The number of benzene rings is 3. The van der Waals surface area contributed by atoms with Crippen molar-refractivity contribution < 1.29 is 14.3 Å². The summed E-state index contributed by atoms with van der Waals surface area (Å²) in [7, 11) is 1.65. The maximum absolute atomic E-state index is 12.9. The summed E-state index contributed by atoms with van der Waals surface area (Å²) in [6, 6.07) is 23.7. The van der Waals surface area contributed by atoms with Gasteiger partial charge in [0.15, 0.2) is 0 Å². The summed E-state index contributed by atoms with van der Waals surface area (Å²) >= 11 is 3.51. The zero-order valence-corrected chi connectivity index (χ0v) is 20.6. The second kappa shape index (κ2) is 9.89. The Morgan fingerprint density at radius 2 is 1.85 bits per heavy atom. The number of halogens is 1. The summed E-state index contributed by atoms with van der Waals surface area (Å²) in [4.78, 5) is 19.7. The summed E-state index contributed by atoms with van der Waals surface area (Å²) in [6.45, 7) is 1.97. The van der Waals surface area contributed by atoms with Crippen LogP contribution in [-0.4, -0.2) is 35.7 Å². The monoisotopic (exact) mass is 519 g/mol. The highest BCUT2D eigenvalue weighted by atomic mass is 79.9. The number of fused-ring (bicyclic) bond motifs is 1. The molecular weight excluding hydrogens is 494 g/mol. The van der Waals surface area contributed by atoms with Crippen LogP contribution >= 0.6 is 15.9 Å². The van der Waals surface area contributed by atoms with Crippen LogP contribution in [0.5, 0.6) is 11.5 Å². The summed E-state index contributed by atoms with van der Waals surface area (Å²) in [5.74, 6) is 2.71. The van der Waals surface area contributed by atoms with Crippen LogP contribution in [0.4, 0.5) is 5.69 Å². The van der Waals surface area contributed by atoms with Crippen molar-refractivity contribution in [2.75, 3.05) is 25.2 Å². The molecule has 0 radical (unpaired) electrons. The third-order valence-electron chi connectivity index (χ3n) is 6.13. The first-order valence-electron chi connectivity index (χ1n) is 11.4. The number of hydrogen-bond donors (Lipinski definition) is 0. The van der Waals surface area contributed by atoms with Crippen LogP contribution in [0, 0.1) is 0 Å². The number of nitrogens with zero attached hydrogens (tertiary/aromatic N) is 3. The van der Waals surface area contributed by atoms with E-state index in [2.05, 4.69) is 26.6 Å². The van der Waals surface area contributed by atoms with Crippen molar-refractivity contribution in [3.05, 3.63) is 83.1 Å². The molecule has 4 aromatic rings. The number of imidazole rings is 1. The summed E-state index contributed by atoms with van der Waals surface area (Å²) in [6.07, 6.45) is 1.27. The molecule has 174 valence electrons. The number of hydrogen-bond acceptors (Lipinski definition) is 4. The van der Waals surface area contributed by atoms with Gasteiger partial charge in [0.1, 0.15) is 17.3 Å². The van der Waals surface area contributed by atoms with E-state index < -0.39 is 0 Å². The number of rotatable bonds is 8. The predicted molar refractivity (Wildman–Crippen MR) is 137 cm³/mol. The Kier molecular flexibility index (Phi) is 6.54. The van der Waals surface area contributed by atoms with Gasteiger partial charge in [-0.05, 0) is 48.9 Å².